The Morgan fingerprint density at radius 2 is 2.12 bits per heavy atom. The Bertz CT molecular complexity index is 264. The van der Waals surface area contributed by atoms with E-state index in [1.807, 2.05) is 7.05 Å². The molecule has 3 nitrogen and oxygen atoms in total. The van der Waals surface area contributed by atoms with Crippen LogP contribution >= 0.6 is 0 Å². The highest BCUT2D eigenvalue weighted by Crippen LogP contribution is 2.24. The van der Waals surface area contributed by atoms with E-state index in [0.29, 0.717) is 12.3 Å². The molecule has 1 rings (SSSR count). The molecule has 1 fully saturated rings. The van der Waals surface area contributed by atoms with Gasteiger partial charge in [0.2, 0.25) is 5.91 Å². The predicted molar refractivity (Wildman–Crippen MR) is 65.6 cm³/mol. The molecule has 1 atom stereocenters. The van der Waals surface area contributed by atoms with Gasteiger partial charge in [0.1, 0.15) is 0 Å². The molecule has 1 aliphatic rings. The number of carbonyl (C=O) groups is 1. The molecule has 0 aliphatic heterocycles. The maximum absolute atomic E-state index is 11.8. The molecule has 90 valence electrons. The number of nitrogens with zero attached hydrogens (tertiary/aromatic N) is 1. The molecule has 2 N–H and O–H groups in total. The number of hydrogen-bond acceptors (Lipinski definition) is 2. The van der Waals surface area contributed by atoms with Crippen molar-refractivity contribution in [2.75, 3.05) is 13.6 Å². The van der Waals surface area contributed by atoms with E-state index < -0.39 is 6.04 Å². The van der Waals surface area contributed by atoms with E-state index in [2.05, 4.69) is 5.92 Å². The average molecular weight is 222 g/mol. The lowest BCUT2D eigenvalue weighted by Gasteiger charge is -2.28. The molecule has 0 aromatic carbocycles. The SMILES string of the molecule is C#CCC(N)C(=O)N(C)CC1CCCCC1. The summed E-state index contributed by atoms with van der Waals surface area (Å²) in [5.41, 5.74) is 5.70. The van der Waals surface area contributed by atoms with Crippen molar-refractivity contribution >= 4 is 5.91 Å². The zero-order chi connectivity index (χ0) is 12.0. The van der Waals surface area contributed by atoms with E-state index >= 15 is 0 Å². The van der Waals surface area contributed by atoms with Gasteiger partial charge in [0.05, 0.1) is 6.04 Å². The smallest absolute Gasteiger partial charge is 0.240 e. The van der Waals surface area contributed by atoms with Crippen LogP contribution in [0.4, 0.5) is 0 Å². The molecular formula is C13H22N2O. The van der Waals surface area contributed by atoms with Crippen molar-refractivity contribution in [3.63, 3.8) is 0 Å². The molecule has 16 heavy (non-hydrogen) atoms. The second-order valence-corrected chi connectivity index (χ2v) is 4.74. The Labute approximate surface area is 98.4 Å². The van der Waals surface area contributed by atoms with Gasteiger partial charge in [0.25, 0.3) is 0 Å². The largest absolute Gasteiger partial charge is 0.344 e. The van der Waals surface area contributed by atoms with Crippen molar-refractivity contribution < 1.29 is 4.79 Å². The number of likely N-dealkylation sites (N-methyl/N-ethyl adjacent to an activating group) is 1. The van der Waals surface area contributed by atoms with Crippen LogP contribution < -0.4 is 5.73 Å². The number of nitrogens with two attached hydrogens (primary N) is 1. The molecule has 1 amide bonds. The summed E-state index contributed by atoms with van der Waals surface area (Å²) in [6.45, 7) is 0.830. The van der Waals surface area contributed by atoms with E-state index in [9.17, 15) is 4.79 Å². The number of hydrogen-bond donors (Lipinski definition) is 1. The van der Waals surface area contributed by atoms with Crippen molar-refractivity contribution in [2.24, 2.45) is 11.7 Å². The van der Waals surface area contributed by atoms with Crippen LogP contribution in [-0.2, 0) is 4.79 Å². The minimum atomic E-state index is -0.529. The van der Waals surface area contributed by atoms with Gasteiger partial charge in [-0.15, -0.1) is 12.3 Å². The van der Waals surface area contributed by atoms with Crippen LogP contribution in [0.5, 0.6) is 0 Å². The quantitative estimate of drug-likeness (QED) is 0.730. The van der Waals surface area contributed by atoms with Gasteiger partial charge in [0.15, 0.2) is 0 Å². The standard InChI is InChI=1S/C13H22N2O/c1-3-7-12(14)13(16)15(2)10-11-8-5-4-6-9-11/h1,11-12H,4-10,14H2,2H3. The van der Waals surface area contributed by atoms with Crippen molar-refractivity contribution in [3.8, 4) is 12.3 Å². The number of rotatable bonds is 4. The first-order valence-electron chi connectivity index (χ1n) is 6.09. The number of carbonyl (C=O) groups excluding carboxylic acids is 1. The molecule has 3 heteroatoms. The Balaban J connectivity index is 2.35. The van der Waals surface area contributed by atoms with Gasteiger partial charge in [-0.05, 0) is 18.8 Å². The van der Waals surface area contributed by atoms with Gasteiger partial charge in [-0.1, -0.05) is 19.3 Å². The predicted octanol–water partition coefficient (Wildman–Crippen LogP) is 1.38. The third-order valence-electron chi connectivity index (χ3n) is 3.29. The highest BCUT2D eigenvalue weighted by Gasteiger charge is 2.21. The van der Waals surface area contributed by atoms with Gasteiger partial charge in [-0.3, -0.25) is 4.79 Å². The Morgan fingerprint density at radius 1 is 1.50 bits per heavy atom. The summed E-state index contributed by atoms with van der Waals surface area (Å²) in [4.78, 5) is 13.6. The van der Waals surface area contributed by atoms with Gasteiger partial charge in [0, 0.05) is 20.0 Å². The third kappa shape index (κ3) is 3.86. The first kappa shape index (κ1) is 13.1. The van der Waals surface area contributed by atoms with E-state index in [1.54, 1.807) is 4.90 Å². The molecule has 0 heterocycles. The van der Waals surface area contributed by atoms with Crippen LogP contribution in [0.15, 0.2) is 0 Å². The molecule has 1 unspecified atom stereocenters. The fourth-order valence-electron chi connectivity index (χ4n) is 2.34. The second kappa shape index (κ2) is 6.55. The molecule has 0 spiro atoms. The fourth-order valence-corrected chi connectivity index (χ4v) is 2.34. The maximum atomic E-state index is 11.8. The summed E-state index contributed by atoms with van der Waals surface area (Å²) >= 11 is 0. The summed E-state index contributed by atoms with van der Waals surface area (Å²) in [6.07, 6.45) is 11.9. The lowest BCUT2D eigenvalue weighted by molar-refractivity contribution is -0.131. The number of terminal acetylenes is 1. The molecule has 0 aromatic rings. The van der Waals surface area contributed by atoms with E-state index in [0.717, 1.165) is 6.54 Å². The minimum absolute atomic E-state index is 0.0245. The van der Waals surface area contributed by atoms with Crippen molar-refractivity contribution in [1.29, 1.82) is 0 Å². The van der Waals surface area contributed by atoms with Crippen LogP contribution in [0, 0.1) is 18.3 Å². The van der Waals surface area contributed by atoms with Crippen LogP contribution in [0.25, 0.3) is 0 Å². The average Bonchev–Trinajstić information content (AvgIpc) is 2.29. The zero-order valence-corrected chi connectivity index (χ0v) is 10.1. The van der Waals surface area contributed by atoms with Crippen LogP contribution in [-0.4, -0.2) is 30.4 Å². The minimum Gasteiger partial charge on any atom is -0.344 e. The molecule has 0 aromatic heterocycles. The summed E-state index contributed by atoms with van der Waals surface area (Å²) in [5, 5.41) is 0. The maximum Gasteiger partial charge on any atom is 0.240 e. The first-order valence-corrected chi connectivity index (χ1v) is 6.09. The molecule has 0 radical (unpaired) electrons. The summed E-state index contributed by atoms with van der Waals surface area (Å²) in [5.74, 6) is 3.06. The summed E-state index contributed by atoms with van der Waals surface area (Å²) in [7, 11) is 1.83. The fraction of sp³-hybridized carbons (Fsp3) is 0.769. The second-order valence-electron chi connectivity index (χ2n) is 4.74. The third-order valence-corrected chi connectivity index (χ3v) is 3.29. The molecule has 1 saturated carbocycles. The topological polar surface area (TPSA) is 46.3 Å². The lowest BCUT2D eigenvalue weighted by atomic mass is 9.89. The van der Waals surface area contributed by atoms with Gasteiger partial charge < -0.3 is 10.6 Å². The van der Waals surface area contributed by atoms with Crippen LogP contribution in [0.2, 0.25) is 0 Å². The molecule has 0 saturated heterocycles. The van der Waals surface area contributed by atoms with E-state index in [1.165, 1.54) is 32.1 Å². The normalized spacial score (nSPS) is 18.8. The van der Waals surface area contributed by atoms with Crippen molar-refractivity contribution in [2.45, 2.75) is 44.6 Å². The highest BCUT2D eigenvalue weighted by molar-refractivity contribution is 5.81. The summed E-state index contributed by atoms with van der Waals surface area (Å²) < 4.78 is 0. The lowest BCUT2D eigenvalue weighted by Crippen LogP contribution is -2.43. The first-order chi connectivity index (χ1) is 7.65. The van der Waals surface area contributed by atoms with Crippen LogP contribution in [0.1, 0.15) is 38.5 Å². The molecular weight excluding hydrogens is 200 g/mol. The van der Waals surface area contributed by atoms with E-state index in [4.69, 9.17) is 12.2 Å². The van der Waals surface area contributed by atoms with Gasteiger partial charge in [-0.25, -0.2) is 0 Å². The molecule has 0 bridgehead atoms. The summed E-state index contributed by atoms with van der Waals surface area (Å²) in [6, 6.07) is -0.529. The zero-order valence-electron chi connectivity index (χ0n) is 10.1. The van der Waals surface area contributed by atoms with Crippen molar-refractivity contribution in [3.05, 3.63) is 0 Å². The van der Waals surface area contributed by atoms with Gasteiger partial charge >= 0.3 is 0 Å². The van der Waals surface area contributed by atoms with E-state index in [-0.39, 0.29) is 5.91 Å². The molecule has 1 aliphatic carbocycles. The van der Waals surface area contributed by atoms with Crippen LogP contribution in [0.3, 0.4) is 0 Å². The Hall–Kier alpha value is -1.01. The number of amides is 1. The van der Waals surface area contributed by atoms with Crippen molar-refractivity contribution in [1.82, 2.24) is 4.90 Å². The Morgan fingerprint density at radius 3 is 2.69 bits per heavy atom. The highest BCUT2D eigenvalue weighted by atomic mass is 16.2. The van der Waals surface area contributed by atoms with Gasteiger partial charge in [-0.2, -0.15) is 0 Å². The monoisotopic (exact) mass is 222 g/mol. The Kier molecular flexibility index (Phi) is 5.34.